The summed E-state index contributed by atoms with van der Waals surface area (Å²) in [5, 5.41) is 12.3. The minimum absolute atomic E-state index is 0.0733. The van der Waals surface area contributed by atoms with Crippen molar-refractivity contribution in [2.24, 2.45) is 0 Å². The second-order valence-electron chi connectivity index (χ2n) is 4.12. The molecule has 0 aliphatic rings. The first-order valence-corrected chi connectivity index (χ1v) is 5.27. The number of hydrogen-bond donors (Lipinski definition) is 1. The van der Waals surface area contributed by atoms with Crippen LogP contribution in [0.25, 0.3) is 11.3 Å². The molecule has 2 rings (SSSR count). The Hall–Kier alpha value is -2.10. The lowest BCUT2D eigenvalue weighted by Gasteiger charge is -2.06. The van der Waals surface area contributed by atoms with E-state index in [1.165, 1.54) is 11.6 Å². The molecule has 0 fully saturated rings. The lowest BCUT2D eigenvalue weighted by atomic mass is 9.99. The number of carboxylic acids is 1. The number of rotatable bonds is 2. The molecular formula is C13H13NO3. The number of carbonyl (C=O) groups is 1. The van der Waals surface area contributed by atoms with E-state index >= 15 is 0 Å². The third-order valence-electron chi connectivity index (χ3n) is 2.94. The second-order valence-corrected chi connectivity index (χ2v) is 4.12. The van der Waals surface area contributed by atoms with Gasteiger partial charge in [0.1, 0.15) is 0 Å². The van der Waals surface area contributed by atoms with Gasteiger partial charge in [-0.15, -0.1) is 0 Å². The molecule has 1 aromatic heterocycles. The summed E-state index contributed by atoms with van der Waals surface area (Å²) in [5.41, 5.74) is 4.30. The Morgan fingerprint density at radius 1 is 1.18 bits per heavy atom. The van der Waals surface area contributed by atoms with E-state index in [4.69, 9.17) is 9.63 Å². The summed E-state index contributed by atoms with van der Waals surface area (Å²) in [7, 11) is 0. The quantitative estimate of drug-likeness (QED) is 0.863. The molecule has 4 nitrogen and oxygen atoms in total. The van der Waals surface area contributed by atoms with E-state index < -0.39 is 5.97 Å². The van der Waals surface area contributed by atoms with Crippen LogP contribution >= 0.6 is 0 Å². The highest BCUT2D eigenvalue weighted by molar-refractivity contribution is 5.86. The van der Waals surface area contributed by atoms with Crippen LogP contribution in [-0.2, 0) is 0 Å². The van der Waals surface area contributed by atoms with Crippen LogP contribution in [0.4, 0.5) is 0 Å². The van der Waals surface area contributed by atoms with Crippen molar-refractivity contribution in [2.45, 2.75) is 20.8 Å². The summed E-state index contributed by atoms with van der Waals surface area (Å²) < 4.78 is 5.03. The normalized spacial score (nSPS) is 10.5. The van der Waals surface area contributed by atoms with Crippen molar-refractivity contribution in [3.05, 3.63) is 40.6 Å². The Morgan fingerprint density at radius 3 is 2.24 bits per heavy atom. The molecular weight excluding hydrogens is 218 g/mol. The van der Waals surface area contributed by atoms with Crippen LogP contribution in [0.1, 0.15) is 27.2 Å². The number of aromatic carboxylic acids is 1. The summed E-state index contributed by atoms with van der Waals surface area (Å²) >= 11 is 0. The van der Waals surface area contributed by atoms with Gasteiger partial charge < -0.3 is 9.63 Å². The summed E-state index contributed by atoms with van der Waals surface area (Å²) in [5.74, 6) is -0.603. The first-order valence-electron chi connectivity index (χ1n) is 5.27. The Kier molecular flexibility index (Phi) is 2.71. The maximum Gasteiger partial charge on any atom is 0.358 e. The lowest BCUT2D eigenvalue weighted by molar-refractivity contribution is 0.0686. The number of carboxylic acid groups (broad SMARTS) is 1. The van der Waals surface area contributed by atoms with Gasteiger partial charge in [-0.3, -0.25) is 0 Å². The minimum atomic E-state index is -1.08. The minimum Gasteiger partial charge on any atom is -0.476 e. The molecule has 0 unspecified atom stereocenters. The summed E-state index contributed by atoms with van der Waals surface area (Å²) in [4.78, 5) is 10.7. The SMILES string of the molecule is Cc1cc(-c2cc(C(=O)O)no2)cc(C)c1C. The number of aromatic nitrogens is 1. The zero-order valence-electron chi connectivity index (χ0n) is 9.94. The monoisotopic (exact) mass is 231 g/mol. The Labute approximate surface area is 98.9 Å². The van der Waals surface area contributed by atoms with E-state index in [2.05, 4.69) is 12.1 Å². The Balaban J connectivity index is 2.49. The molecule has 0 spiro atoms. The summed E-state index contributed by atoms with van der Waals surface area (Å²) in [6.45, 7) is 6.08. The summed E-state index contributed by atoms with van der Waals surface area (Å²) in [6.07, 6.45) is 0. The van der Waals surface area contributed by atoms with Crippen molar-refractivity contribution in [3.63, 3.8) is 0 Å². The van der Waals surface area contributed by atoms with Gasteiger partial charge >= 0.3 is 5.97 Å². The fraction of sp³-hybridized carbons (Fsp3) is 0.231. The fourth-order valence-electron chi connectivity index (χ4n) is 1.69. The van der Waals surface area contributed by atoms with Crippen LogP contribution in [0.5, 0.6) is 0 Å². The molecule has 0 radical (unpaired) electrons. The van der Waals surface area contributed by atoms with Crippen molar-refractivity contribution in [2.75, 3.05) is 0 Å². The van der Waals surface area contributed by atoms with Crippen LogP contribution in [0.3, 0.4) is 0 Å². The summed E-state index contributed by atoms with van der Waals surface area (Å²) in [6, 6.07) is 5.37. The smallest absolute Gasteiger partial charge is 0.358 e. The first-order chi connectivity index (χ1) is 7.99. The van der Waals surface area contributed by atoms with E-state index in [9.17, 15) is 4.79 Å². The third-order valence-corrected chi connectivity index (χ3v) is 2.94. The molecule has 0 bridgehead atoms. The average molecular weight is 231 g/mol. The molecule has 1 aromatic carbocycles. The third kappa shape index (κ3) is 2.06. The van der Waals surface area contributed by atoms with Gasteiger partial charge in [0.2, 0.25) is 0 Å². The molecule has 4 heteroatoms. The molecule has 0 aliphatic carbocycles. The molecule has 88 valence electrons. The fourth-order valence-corrected chi connectivity index (χ4v) is 1.69. The topological polar surface area (TPSA) is 63.3 Å². The highest BCUT2D eigenvalue weighted by atomic mass is 16.5. The zero-order chi connectivity index (χ0) is 12.6. The van der Waals surface area contributed by atoms with Crippen molar-refractivity contribution in [3.8, 4) is 11.3 Å². The van der Waals surface area contributed by atoms with Gasteiger partial charge in [0, 0.05) is 11.6 Å². The second kappa shape index (κ2) is 4.05. The lowest BCUT2D eigenvalue weighted by Crippen LogP contribution is -1.94. The van der Waals surface area contributed by atoms with Crippen LogP contribution in [0.2, 0.25) is 0 Å². The number of benzene rings is 1. The van der Waals surface area contributed by atoms with E-state index in [-0.39, 0.29) is 5.69 Å². The van der Waals surface area contributed by atoms with Crippen molar-refractivity contribution < 1.29 is 14.4 Å². The molecule has 0 amide bonds. The van der Waals surface area contributed by atoms with Crippen LogP contribution in [-0.4, -0.2) is 16.2 Å². The molecule has 17 heavy (non-hydrogen) atoms. The molecule has 1 heterocycles. The average Bonchev–Trinajstić information content (AvgIpc) is 2.74. The van der Waals surface area contributed by atoms with E-state index in [1.54, 1.807) is 0 Å². The van der Waals surface area contributed by atoms with Crippen molar-refractivity contribution in [1.29, 1.82) is 0 Å². The predicted molar refractivity (Wildman–Crippen MR) is 63.1 cm³/mol. The van der Waals surface area contributed by atoms with E-state index in [1.807, 2.05) is 26.0 Å². The van der Waals surface area contributed by atoms with E-state index in [0.717, 1.165) is 16.7 Å². The van der Waals surface area contributed by atoms with Gasteiger partial charge in [0.25, 0.3) is 0 Å². The van der Waals surface area contributed by atoms with Crippen LogP contribution in [0.15, 0.2) is 22.7 Å². The molecule has 0 aliphatic heterocycles. The molecule has 1 N–H and O–H groups in total. The molecule has 0 saturated heterocycles. The van der Waals surface area contributed by atoms with E-state index in [0.29, 0.717) is 5.76 Å². The largest absolute Gasteiger partial charge is 0.476 e. The zero-order valence-corrected chi connectivity index (χ0v) is 9.94. The predicted octanol–water partition coefficient (Wildman–Crippen LogP) is 2.97. The van der Waals surface area contributed by atoms with Gasteiger partial charge in [-0.2, -0.15) is 0 Å². The first kappa shape index (κ1) is 11.4. The maximum absolute atomic E-state index is 10.7. The Morgan fingerprint density at radius 2 is 1.76 bits per heavy atom. The van der Waals surface area contributed by atoms with Gasteiger partial charge in [-0.1, -0.05) is 5.16 Å². The molecule has 0 atom stereocenters. The maximum atomic E-state index is 10.7. The highest BCUT2D eigenvalue weighted by Crippen LogP contribution is 2.25. The van der Waals surface area contributed by atoms with Crippen molar-refractivity contribution in [1.82, 2.24) is 5.16 Å². The van der Waals surface area contributed by atoms with Crippen LogP contribution < -0.4 is 0 Å². The van der Waals surface area contributed by atoms with Crippen molar-refractivity contribution >= 4 is 5.97 Å². The molecule has 2 aromatic rings. The highest BCUT2D eigenvalue weighted by Gasteiger charge is 2.13. The van der Waals surface area contributed by atoms with Gasteiger partial charge in [-0.25, -0.2) is 4.79 Å². The van der Waals surface area contributed by atoms with Gasteiger partial charge in [0.15, 0.2) is 11.5 Å². The Bertz CT molecular complexity index is 561. The van der Waals surface area contributed by atoms with Gasteiger partial charge in [-0.05, 0) is 49.6 Å². The number of nitrogens with zero attached hydrogens (tertiary/aromatic N) is 1. The number of aryl methyl sites for hydroxylation is 2. The standard InChI is InChI=1S/C13H13NO3/c1-7-4-10(5-8(2)9(7)3)12-6-11(13(15)16)14-17-12/h4-6H,1-3H3,(H,15,16). The van der Waals surface area contributed by atoms with Gasteiger partial charge in [0.05, 0.1) is 0 Å². The number of hydrogen-bond acceptors (Lipinski definition) is 3. The van der Waals surface area contributed by atoms with Crippen LogP contribution in [0, 0.1) is 20.8 Å². The molecule has 0 saturated carbocycles.